The second-order valence-corrected chi connectivity index (χ2v) is 9.44. The number of carboxylic acids is 1. The molecule has 8 atom stereocenters. The molecule has 38 heavy (non-hydrogen) atoms. The van der Waals surface area contributed by atoms with Crippen molar-refractivity contribution >= 4 is 23.8 Å². The number of aromatic nitrogens is 1. The lowest BCUT2D eigenvalue weighted by Crippen LogP contribution is -2.69. The number of hydrogen-bond donors (Lipinski definition) is 5. The van der Waals surface area contributed by atoms with E-state index in [1.54, 1.807) is 6.07 Å². The Morgan fingerprint density at radius 2 is 2.08 bits per heavy atom. The SMILES string of the molecule is C=C[C@@H]1[C@H](CC(=O)O)C(C(=O)OC)=CC[C@H]1O[C@@H]1O[C@H](CO)[C@]2(C=c3cc[n-]c3=C(CCO)O2)[C@H](O)[C@H]1O. The number of nitrogens with zero attached hydrogens (tertiary/aromatic N) is 1. The molecule has 3 aliphatic rings. The van der Waals surface area contributed by atoms with Gasteiger partial charge in [0.1, 0.15) is 18.3 Å². The maximum absolute atomic E-state index is 12.3. The summed E-state index contributed by atoms with van der Waals surface area (Å²) in [6, 6.07) is 1.68. The Bertz CT molecular complexity index is 1200. The van der Waals surface area contributed by atoms with Gasteiger partial charge in [-0.05, 0) is 17.7 Å². The fourth-order valence-corrected chi connectivity index (χ4v) is 5.50. The predicted octanol–water partition coefficient (Wildman–Crippen LogP) is -2.10. The molecule has 0 bridgehead atoms. The van der Waals surface area contributed by atoms with E-state index in [4.69, 9.17) is 18.9 Å². The van der Waals surface area contributed by atoms with E-state index >= 15 is 0 Å². The molecule has 1 spiro atoms. The average molecular weight is 535 g/mol. The van der Waals surface area contributed by atoms with Crippen LogP contribution in [0.15, 0.2) is 36.6 Å². The van der Waals surface area contributed by atoms with Gasteiger partial charge in [0, 0.05) is 23.8 Å². The number of rotatable bonds is 9. The summed E-state index contributed by atoms with van der Waals surface area (Å²) >= 11 is 0. The van der Waals surface area contributed by atoms with E-state index in [0.717, 1.165) is 0 Å². The summed E-state index contributed by atoms with van der Waals surface area (Å²) in [5.74, 6) is -2.99. The van der Waals surface area contributed by atoms with Crippen LogP contribution in [0, 0.1) is 11.8 Å². The molecule has 4 rings (SSSR count). The van der Waals surface area contributed by atoms with Crippen LogP contribution in [0.1, 0.15) is 19.3 Å². The van der Waals surface area contributed by atoms with Crippen LogP contribution in [0.3, 0.4) is 0 Å². The molecule has 0 amide bonds. The number of methoxy groups -OCH3 is 1. The van der Waals surface area contributed by atoms with Crippen molar-refractivity contribution in [2.45, 2.75) is 55.6 Å². The molecular weight excluding hydrogens is 502 g/mol. The summed E-state index contributed by atoms with van der Waals surface area (Å²) in [6.45, 7) is 2.92. The summed E-state index contributed by atoms with van der Waals surface area (Å²) in [4.78, 5) is 28.1. The van der Waals surface area contributed by atoms with E-state index in [-0.39, 0.29) is 30.8 Å². The number of carbonyl (C=O) groups excluding carboxylic acids is 1. The Hall–Kier alpha value is -3.00. The van der Waals surface area contributed by atoms with Gasteiger partial charge in [-0.25, -0.2) is 4.79 Å². The number of aliphatic hydroxyl groups is 4. The van der Waals surface area contributed by atoms with Crippen molar-refractivity contribution in [2.75, 3.05) is 20.3 Å². The van der Waals surface area contributed by atoms with Gasteiger partial charge < -0.3 is 49.5 Å². The summed E-state index contributed by atoms with van der Waals surface area (Å²) in [5, 5.41) is 52.6. The van der Waals surface area contributed by atoms with Crippen LogP contribution >= 0.6 is 0 Å². The quantitative estimate of drug-likeness (QED) is 0.172. The highest BCUT2D eigenvalue weighted by Gasteiger charge is 2.58. The lowest BCUT2D eigenvalue weighted by molar-refractivity contribution is -0.328. The first kappa shape index (κ1) is 28.0. The third kappa shape index (κ3) is 4.91. The van der Waals surface area contributed by atoms with Crippen molar-refractivity contribution in [3.05, 3.63) is 47.1 Å². The highest BCUT2D eigenvalue weighted by atomic mass is 16.7. The largest absolute Gasteiger partial charge is 0.661 e. The second-order valence-electron chi connectivity index (χ2n) is 9.44. The molecule has 1 saturated heterocycles. The van der Waals surface area contributed by atoms with Gasteiger partial charge in [-0.1, -0.05) is 23.6 Å². The number of fused-ring (bicyclic) bond motifs is 1. The van der Waals surface area contributed by atoms with Crippen LogP contribution in [0.4, 0.5) is 0 Å². The number of esters is 1. The first-order valence-electron chi connectivity index (χ1n) is 12.2. The van der Waals surface area contributed by atoms with E-state index in [2.05, 4.69) is 11.6 Å². The highest BCUT2D eigenvalue weighted by molar-refractivity contribution is 5.90. The number of carbonyl (C=O) groups is 2. The van der Waals surface area contributed by atoms with Gasteiger partial charge in [0.2, 0.25) is 0 Å². The molecule has 1 aromatic rings. The summed E-state index contributed by atoms with van der Waals surface area (Å²) in [7, 11) is 1.20. The topological polar surface area (TPSA) is 186 Å². The van der Waals surface area contributed by atoms with Crippen molar-refractivity contribution in [2.24, 2.45) is 11.8 Å². The Labute approximate surface area is 218 Å². The van der Waals surface area contributed by atoms with Crippen molar-refractivity contribution in [3.63, 3.8) is 0 Å². The smallest absolute Gasteiger partial charge is 0.333 e. The van der Waals surface area contributed by atoms with Gasteiger partial charge in [0.05, 0.1) is 38.6 Å². The van der Waals surface area contributed by atoms with Crippen molar-refractivity contribution < 1.29 is 54.1 Å². The first-order valence-corrected chi connectivity index (χ1v) is 12.2. The average Bonchev–Trinajstić information content (AvgIpc) is 3.37. The van der Waals surface area contributed by atoms with E-state index in [1.807, 2.05) is 0 Å². The molecule has 5 N–H and O–H groups in total. The molecule has 0 aromatic carbocycles. The third-order valence-corrected chi connectivity index (χ3v) is 7.31. The van der Waals surface area contributed by atoms with Gasteiger partial charge in [0.15, 0.2) is 11.9 Å². The van der Waals surface area contributed by atoms with Gasteiger partial charge in [-0.2, -0.15) is 6.20 Å². The summed E-state index contributed by atoms with van der Waals surface area (Å²) in [6.07, 6.45) is -0.763. The van der Waals surface area contributed by atoms with Crippen LogP contribution in [-0.4, -0.2) is 94.1 Å². The fourth-order valence-electron chi connectivity index (χ4n) is 5.50. The van der Waals surface area contributed by atoms with Crippen LogP contribution < -0.4 is 15.6 Å². The van der Waals surface area contributed by atoms with Crippen molar-refractivity contribution in [1.82, 2.24) is 4.98 Å². The first-order chi connectivity index (χ1) is 18.2. The van der Waals surface area contributed by atoms with Crippen LogP contribution in [0.5, 0.6) is 0 Å². The number of carboxylic acid groups (broad SMARTS) is 1. The van der Waals surface area contributed by atoms with Gasteiger partial charge in [-0.15, -0.1) is 6.58 Å². The van der Waals surface area contributed by atoms with Crippen molar-refractivity contribution in [3.8, 4) is 0 Å². The van der Waals surface area contributed by atoms with E-state index < -0.39 is 73.1 Å². The minimum atomic E-state index is -1.70. The molecular formula is C26H32NO11-. The van der Waals surface area contributed by atoms with Gasteiger partial charge in [0.25, 0.3) is 0 Å². The monoisotopic (exact) mass is 534 g/mol. The zero-order valence-electron chi connectivity index (χ0n) is 20.8. The molecule has 12 nitrogen and oxygen atoms in total. The lowest BCUT2D eigenvalue weighted by atomic mass is 9.74. The third-order valence-electron chi connectivity index (χ3n) is 7.31. The maximum Gasteiger partial charge on any atom is 0.333 e. The summed E-state index contributed by atoms with van der Waals surface area (Å²) in [5.41, 5.74) is -1.51. The Morgan fingerprint density at radius 3 is 2.71 bits per heavy atom. The van der Waals surface area contributed by atoms with Crippen LogP contribution in [0.25, 0.3) is 11.8 Å². The van der Waals surface area contributed by atoms with Gasteiger partial charge >= 0.3 is 11.9 Å². The predicted molar refractivity (Wildman–Crippen MR) is 129 cm³/mol. The molecule has 0 unspecified atom stereocenters. The normalized spacial score (nSPS) is 34.5. The standard InChI is InChI=1S/C26H32NO11/c1-3-14-16(10-20(30)31)15(24(34)35-2)4-5-17(14)36-25-22(32)23(33)26(19(12-29)37-25)11-13-6-8-27-21(13)18(38-26)7-9-28/h3-4,6,8,11,14,16-17,19,22-23,25,28-29,32-33H,1,5,7,9-10,12H2,2H3,(H,30,31)/q-1/t14-,16+,17-,19-,22-,23-,25-,26-/m1/s1. The molecule has 1 aliphatic carbocycles. The fraction of sp³-hybridized carbons (Fsp3) is 0.538. The second kappa shape index (κ2) is 11.4. The summed E-state index contributed by atoms with van der Waals surface area (Å²) < 4.78 is 22.9. The molecule has 0 saturated carbocycles. The van der Waals surface area contributed by atoms with Gasteiger partial charge in [-0.3, -0.25) is 4.79 Å². The number of hydrogen-bond acceptors (Lipinski definition) is 10. The Morgan fingerprint density at radius 1 is 1.32 bits per heavy atom. The van der Waals surface area contributed by atoms with E-state index in [0.29, 0.717) is 10.6 Å². The molecule has 3 heterocycles. The van der Waals surface area contributed by atoms with Crippen LogP contribution in [-0.2, 0) is 28.5 Å². The molecule has 1 fully saturated rings. The molecule has 2 aliphatic heterocycles. The highest BCUT2D eigenvalue weighted by Crippen LogP contribution is 2.41. The van der Waals surface area contributed by atoms with Crippen molar-refractivity contribution in [1.29, 1.82) is 0 Å². The maximum atomic E-state index is 12.3. The molecule has 1 aromatic heterocycles. The number of aliphatic hydroxyl groups excluding tert-OH is 4. The minimum absolute atomic E-state index is 0.0867. The number of aliphatic carboxylic acids is 1. The zero-order chi connectivity index (χ0) is 27.6. The zero-order valence-corrected chi connectivity index (χ0v) is 20.8. The lowest BCUT2D eigenvalue weighted by Gasteiger charge is -2.51. The molecule has 12 heteroatoms. The van der Waals surface area contributed by atoms with E-state index in [9.17, 15) is 35.1 Å². The molecule has 208 valence electrons. The minimum Gasteiger partial charge on any atom is -0.661 e. The Balaban J connectivity index is 1.62. The van der Waals surface area contributed by atoms with Crippen LogP contribution in [0.2, 0.25) is 0 Å². The number of ether oxygens (including phenoxy) is 4. The van der Waals surface area contributed by atoms with E-state index in [1.165, 1.54) is 31.5 Å². The Kier molecular flexibility index (Phi) is 8.40. The molecule has 0 radical (unpaired) electrons.